The zero-order valence-corrected chi connectivity index (χ0v) is 23.6. The Balaban J connectivity index is 1.44. The van der Waals surface area contributed by atoms with Gasteiger partial charge in [0, 0.05) is 37.2 Å². The number of para-hydroxylation sites is 2. The lowest BCUT2D eigenvalue weighted by atomic mass is 9.90. The first-order valence-corrected chi connectivity index (χ1v) is 15.2. The summed E-state index contributed by atoms with van der Waals surface area (Å²) < 4.78 is 2.68. The second-order valence-corrected chi connectivity index (χ2v) is 12.0. The minimum atomic E-state index is 1.14. The highest BCUT2D eigenvalue weighted by Crippen LogP contribution is 2.47. The Bertz CT molecular complexity index is 2420. The lowest BCUT2D eigenvalue weighted by Crippen LogP contribution is -2.09. The second-order valence-electron chi connectivity index (χ2n) is 10.9. The molecule has 196 valence electrons. The van der Waals surface area contributed by atoms with Crippen LogP contribution in [0.15, 0.2) is 152 Å². The van der Waals surface area contributed by atoms with Crippen LogP contribution in [0.1, 0.15) is 0 Å². The first-order chi connectivity index (χ1) is 20.8. The molecule has 0 amide bonds. The van der Waals surface area contributed by atoms with E-state index in [0.29, 0.717) is 0 Å². The molecule has 0 unspecified atom stereocenters. The number of fused-ring (bicyclic) bond motifs is 12. The van der Waals surface area contributed by atoms with Crippen LogP contribution < -0.4 is 4.90 Å². The summed E-state index contributed by atoms with van der Waals surface area (Å²) in [6, 6.07) is 55.3. The molecule has 0 radical (unpaired) electrons. The summed E-state index contributed by atoms with van der Waals surface area (Å²) in [5.74, 6) is 0. The molecule has 1 heterocycles. The minimum Gasteiger partial charge on any atom is -0.310 e. The molecule has 1 aromatic heterocycles. The Kier molecular flexibility index (Phi) is 5.13. The van der Waals surface area contributed by atoms with Crippen molar-refractivity contribution in [3.63, 3.8) is 0 Å². The number of thiophene rings is 1. The third-order valence-corrected chi connectivity index (χ3v) is 9.71. The molecule has 0 bridgehead atoms. The maximum Gasteiger partial charge on any atom is 0.0468 e. The van der Waals surface area contributed by atoms with Gasteiger partial charge in [0.05, 0.1) is 0 Å². The molecule has 0 N–H and O–H groups in total. The van der Waals surface area contributed by atoms with E-state index in [1.807, 2.05) is 11.3 Å². The number of anilines is 3. The number of hydrogen-bond donors (Lipinski definition) is 0. The third-order valence-electron chi connectivity index (χ3n) is 8.59. The van der Waals surface area contributed by atoms with Crippen LogP contribution in [0.2, 0.25) is 0 Å². The highest BCUT2D eigenvalue weighted by molar-refractivity contribution is 7.26. The molecule has 0 saturated heterocycles. The number of benzene rings is 8. The van der Waals surface area contributed by atoms with Crippen molar-refractivity contribution in [2.45, 2.75) is 0 Å². The Labute approximate surface area is 247 Å². The van der Waals surface area contributed by atoms with Crippen LogP contribution >= 0.6 is 11.3 Å². The summed E-state index contributed by atoms with van der Waals surface area (Å²) in [4.78, 5) is 2.35. The quantitative estimate of drug-likeness (QED) is 0.197. The fourth-order valence-corrected chi connectivity index (χ4v) is 7.93. The summed E-state index contributed by atoms with van der Waals surface area (Å²) in [7, 11) is 0. The fraction of sp³-hybridized carbons (Fsp3) is 0. The zero-order valence-electron chi connectivity index (χ0n) is 22.8. The first-order valence-electron chi connectivity index (χ1n) is 14.4. The van der Waals surface area contributed by atoms with Gasteiger partial charge < -0.3 is 4.90 Å². The summed E-state index contributed by atoms with van der Waals surface area (Å²) in [6.45, 7) is 0. The molecular weight excluding hydrogens is 527 g/mol. The second kappa shape index (κ2) is 9.17. The lowest BCUT2D eigenvalue weighted by Gasteiger charge is -2.26. The van der Waals surface area contributed by atoms with E-state index in [0.717, 1.165) is 17.1 Å². The Hall–Kier alpha value is -5.18. The lowest BCUT2D eigenvalue weighted by molar-refractivity contribution is 1.29. The molecule has 8 aromatic carbocycles. The van der Waals surface area contributed by atoms with Gasteiger partial charge in [-0.25, -0.2) is 0 Å². The molecule has 0 saturated carbocycles. The monoisotopic (exact) mass is 551 g/mol. The molecule has 9 rings (SSSR count). The molecule has 0 aliphatic heterocycles. The molecule has 0 atom stereocenters. The van der Waals surface area contributed by atoms with Gasteiger partial charge in [0.1, 0.15) is 0 Å². The zero-order chi connectivity index (χ0) is 27.6. The summed E-state index contributed by atoms with van der Waals surface area (Å²) in [5.41, 5.74) is 3.44. The number of rotatable bonds is 3. The standard InChI is InChI=1S/C40H25NS/c1-3-12-27(13-4-1)41(28-14-5-2-6-15-28)29-20-21-34-35(25-29)32-18-10-9-17-31(32)33-22-24-37-40(38(33)34)39-30-16-8-7-11-26(30)19-23-36(39)42-37/h1-25H. The van der Waals surface area contributed by atoms with Crippen molar-refractivity contribution in [2.24, 2.45) is 0 Å². The van der Waals surface area contributed by atoms with Gasteiger partial charge >= 0.3 is 0 Å². The maximum absolute atomic E-state index is 2.39. The van der Waals surface area contributed by atoms with Crippen LogP contribution in [0.4, 0.5) is 17.1 Å². The number of nitrogens with zero attached hydrogens (tertiary/aromatic N) is 1. The Morgan fingerprint density at radius 3 is 1.62 bits per heavy atom. The van der Waals surface area contributed by atoms with Crippen LogP contribution in [0.3, 0.4) is 0 Å². The predicted molar refractivity (Wildman–Crippen MR) is 184 cm³/mol. The molecule has 0 aliphatic carbocycles. The van der Waals surface area contributed by atoms with Gasteiger partial charge in [-0.05, 0) is 91.6 Å². The molecule has 42 heavy (non-hydrogen) atoms. The highest BCUT2D eigenvalue weighted by atomic mass is 32.1. The summed E-state index contributed by atoms with van der Waals surface area (Å²) >= 11 is 1.90. The van der Waals surface area contributed by atoms with Crippen molar-refractivity contribution in [1.29, 1.82) is 0 Å². The van der Waals surface area contributed by atoms with E-state index in [9.17, 15) is 0 Å². The van der Waals surface area contributed by atoms with Crippen LogP contribution in [-0.2, 0) is 0 Å². The van der Waals surface area contributed by atoms with E-state index < -0.39 is 0 Å². The van der Waals surface area contributed by atoms with E-state index in [1.54, 1.807) is 0 Å². The van der Waals surface area contributed by atoms with E-state index in [-0.39, 0.29) is 0 Å². The van der Waals surface area contributed by atoms with Crippen LogP contribution in [-0.4, -0.2) is 0 Å². The number of hydrogen-bond acceptors (Lipinski definition) is 2. The average Bonchev–Trinajstić information content (AvgIpc) is 3.45. The maximum atomic E-state index is 2.39. The Morgan fingerprint density at radius 2 is 0.881 bits per heavy atom. The van der Waals surface area contributed by atoms with Gasteiger partial charge in [0.2, 0.25) is 0 Å². The molecule has 0 fully saturated rings. The van der Waals surface area contributed by atoms with Gasteiger partial charge in [0.15, 0.2) is 0 Å². The van der Waals surface area contributed by atoms with Crippen LogP contribution in [0, 0.1) is 0 Å². The summed E-state index contributed by atoms with van der Waals surface area (Å²) in [6.07, 6.45) is 0. The smallest absolute Gasteiger partial charge is 0.0468 e. The van der Waals surface area contributed by atoms with Gasteiger partial charge in [0.25, 0.3) is 0 Å². The molecule has 9 aromatic rings. The highest BCUT2D eigenvalue weighted by Gasteiger charge is 2.18. The molecule has 0 aliphatic rings. The molecule has 0 spiro atoms. The van der Waals surface area contributed by atoms with Gasteiger partial charge in [-0.3, -0.25) is 0 Å². The van der Waals surface area contributed by atoms with Crippen molar-refractivity contribution < 1.29 is 0 Å². The van der Waals surface area contributed by atoms with E-state index in [4.69, 9.17) is 0 Å². The van der Waals surface area contributed by atoms with Crippen molar-refractivity contribution >= 4 is 91.7 Å². The minimum absolute atomic E-state index is 1.14. The van der Waals surface area contributed by atoms with Crippen LogP contribution in [0.5, 0.6) is 0 Å². The van der Waals surface area contributed by atoms with Crippen LogP contribution in [0.25, 0.3) is 63.3 Å². The molecule has 1 nitrogen and oxygen atoms in total. The topological polar surface area (TPSA) is 3.24 Å². The van der Waals surface area contributed by atoms with Gasteiger partial charge in [-0.1, -0.05) is 103 Å². The van der Waals surface area contributed by atoms with Crippen molar-refractivity contribution in [2.75, 3.05) is 4.90 Å². The molecular formula is C40H25NS. The average molecular weight is 552 g/mol. The predicted octanol–water partition coefficient (Wildman–Crippen LogP) is 12.1. The van der Waals surface area contributed by atoms with E-state index >= 15 is 0 Å². The van der Waals surface area contributed by atoms with E-state index in [1.165, 1.54) is 63.3 Å². The van der Waals surface area contributed by atoms with Crippen molar-refractivity contribution in [1.82, 2.24) is 0 Å². The fourth-order valence-electron chi connectivity index (χ4n) is 6.80. The van der Waals surface area contributed by atoms with Crippen molar-refractivity contribution in [3.8, 4) is 0 Å². The van der Waals surface area contributed by atoms with E-state index in [2.05, 4.69) is 157 Å². The van der Waals surface area contributed by atoms with Gasteiger partial charge in [-0.2, -0.15) is 0 Å². The summed E-state index contributed by atoms with van der Waals surface area (Å²) in [5, 5.41) is 13.2. The first kappa shape index (κ1) is 23.5. The normalized spacial score (nSPS) is 11.8. The Morgan fingerprint density at radius 1 is 0.333 bits per heavy atom. The largest absolute Gasteiger partial charge is 0.310 e. The van der Waals surface area contributed by atoms with Gasteiger partial charge in [-0.15, -0.1) is 11.3 Å². The van der Waals surface area contributed by atoms with Crippen molar-refractivity contribution in [3.05, 3.63) is 152 Å². The molecule has 2 heteroatoms. The SMILES string of the molecule is c1ccc(N(c2ccccc2)c2ccc3c(c2)c2ccccc2c2ccc4sc5ccc6ccccc6c5c4c23)cc1. The third kappa shape index (κ3) is 3.43.